The van der Waals surface area contributed by atoms with E-state index in [1.807, 2.05) is 0 Å². The standard InChI is InChI=1S/C12H9FN4O2/c1-17-5-14-4-9(17)11-15-8-3-6(13)2-7(12(18)19)10(8)16-11/h2-5H,1H3,(H,15,16)(H,18,19). The predicted molar refractivity (Wildman–Crippen MR) is 65.2 cm³/mol. The van der Waals surface area contributed by atoms with Crippen molar-refractivity contribution in [2.75, 3.05) is 0 Å². The molecule has 0 atom stereocenters. The third-order valence-electron chi connectivity index (χ3n) is 2.84. The zero-order valence-electron chi connectivity index (χ0n) is 9.88. The van der Waals surface area contributed by atoms with Gasteiger partial charge in [-0.3, -0.25) is 0 Å². The van der Waals surface area contributed by atoms with Crippen molar-refractivity contribution in [1.82, 2.24) is 19.5 Å². The summed E-state index contributed by atoms with van der Waals surface area (Å²) in [7, 11) is 1.79. The maximum Gasteiger partial charge on any atom is 0.338 e. The lowest BCUT2D eigenvalue weighted by atomic mass is 10.2. The summed E-state index contributed by atoms with van der Waals surface area (Å²) >= 11 is 0. The molecule has 19 heavy (non-hydrogen) atoms. The lowest BCUT2D eigenvalue weighted by Crippen LogP contribution is -1.98. The van der Waals surface area contributed by atoms with E-state index < -0.39 is 11.8 Å². The minimum atomic E-state index is -1.22. The van der Waals surface area contributed by atoms with Gasteiger partial charge in [0, 0.05) is 7.05 Å². The summed E-state index contributed by atoms with van der Waals surface area (Å²) in [6.07, 6.45) is 3.19. The summed E-state index contributed by atoms with van der Waals surface area (Å²) in [5.41, 5.74) is 1.09. The number of carboxylic acid groups (broad SMARTS) is 1. The SMILES string of the molecule is Cn1cncc1-c1nc2c(C(=O)O)cc(F)cc2[nH]1. The summed E-state index contributed by atoms with van der Waals surface area (Å²) < 4.78 is 15.1. The van der Waals surface area contributed by atoms with Crippen LogP contribution in [-0.2, 0) is 7.05 Å². The number of aromatic nitrogens is 4. The molecule has 0 amide bonds. The first kappa shape index (κ1) is 11.4. The highest BCUT2D eigenvalue weighted by Gasteiger charge is 2.16. The van der Waals surface area contributed by atoms with Crippen molar-refractivity contribution in [2.45, 2.75) is 0 Å². The number of carbonyl (C=O) groups is 1. The lowest BCUT2D eigenvalue weighted by Gasteiger charge is -1.96. The maximum absolute atomic E-state index is 13.4. The van der Waals surface area contributed by atoms with E-state index in [4.69, 9.17) is 5.11 Å². The average molecular weight is 260 g/mol. The van der Waals surface area contributed by atoms with E-state index in [2.05, 4.69) is 15.0 Å². The van der Waals surface area contributed by atoms with Crippen LogP contribution in [0.4, 0.5) is 4.39 Å². The molecule has 0 saturated heterocycles. The quantitative estimate of drug-likeness (QED) is 0.735. The van der Waals surface area contributed by atoms with Crippen LogP contribution >= 0.6 is 0 Å². The van der Waals surface area contributed by atoms with E-state index in [1.54, 1.807) is 24.1 Å². The molecule has 3 aromatic rings. The van der Waals surface area contributed by atoms with Crippen LogP contribution in [0.2, 0.25) is 0 Å². The van der Waals surface area contributed by atoms with E-state index in [-0.39, 0.29) is 11.1 Å². The first-order valence-corrected chi connectivity index (χ1v) is 5.45. The van der Waals surface area contributed by atoms with E-state index in [1.165, 1.54) is 6.07 Å². The summed E-state index contributed by atoms with van der Waals surface area (Å²) in [6.45, 7) is 0. The number of aromatic amines is 1. The highest BCUT2D eigenvalue weighted by Crippen LogP contribution is 2.23. The van der Waals surface area contributed by atoms with Crippen LogP contribution in [0.5, 0.6) is 0 Å². The summed E-state index contributed by atoms with van der Waals surface area (Å²) in [5, 5.41) is 9.06. The molecule has 1 aromatic carbocycles. The molecular formula is C12H9FN4O2. The second kappa shape index (κ2) is 3.91. The van der Waals surface area contributed by atoms with Crippen molar-refractivity contribution < 1.29 is 14.3 Å². The third-order valence-corrected chi connectivity index (χ3v) is 2.84. The minimum Gasteiger partial charge on any atom is -0.478 e. The summed E-state index contributed by atoms with van der Waals surface area (Å²) in [4.78, 5) is 22.2. The van der Waals surface area contributed by atoms with Gasteiger partial charge in [0.05, 0.1) is 23.6 Å². The van der Waals surface area contributed by atoms with Gasteiger partial charge in [-0.25, -0.2) is 19.2 Å². The smallest absolute Gasteiger partial charge is 0.338 e. The van der Waals surface area contributed by atoms with Gasteiger partial charge < -0.3 is 14.7 Å². The van der Waals surface area contributed by atoms with Crippen LogP contribution in [0.1, 0.15) is 10.4 Å². The number of halogens is 1. The number of hydrogen-bond acceptors (Lipinski definition) is 3. The largest absolute Gasteiger partial charge is 0.478 e. The van der Waals surface area contributed by atoms with Gasteiger partial charge in [-0.2, -0.15) is 0 Å². The monoisotopic (exact) mass is 260 g/mol. The predicted octanol–water partition coefficient (Wildman–Crippen LogP) is 1.80. The van der Waals surface area contributed by atoms with Crippen LogP contribution < -0.4 is 0 Å². The minimum absolute atomic E-state index is 0.167. The number of aryl methyl sites for hydroxylation is 1. The van der Waals surface area contributed by atoms with Crippen molar-refractivity contribution in [3.63, 3.8) is 0 Å². The van der Waals surface area contributed by atoms with E-state index in [9.17, 15) is 9.18 Å². The van der Waals surface area contributed by atoms with Gasteiger partial charge in [0.2, 0.25) is 0 Å². The van der Waals surface area contributed by atoms with Crippen molar-refractivity contribution in [3.05, 3.63) is 36.0 Å². The highest BCUT2D eigenvalue weighted by atomic mass is 19.1. The Morgan fingerprint density at radius 2 is 2.26 bits per heavy atom. The van der Waals surface area contributed by atoms with Crippen molar-refractivity contribution in [1.29, 1.82) is 0 Å². The van der Waals surface area contributed by atoms with Crippen molar-refractivity contribution in [2.24, 2.45) is 7.05 Å². The molecule has 0 radical (unpaired) electrons. The zero-order valence-corrected chi connectivity index (χ0v) is 9.88. The zero-order chi connectivity index (χ0) is 13.6. The van der Waals surface area contributed by atoms with Crippen LogP contribution in [0, 0.1) is 5.82 Å². The molecule has 0 aliphatic rings. The third kappa shape index (κ3) is 1.75. The van der Waals surface area contributed by atoms with Gasteiger partial charge in [-0.15, -0.1) is 0 Å². The number of aromatic carboxylic acids is 1. The number of benzene rings is 1. The lowest BCUT2D eigenvalue weighted by molar-refractivity contribution is 0.0698. The van der Waals surface area contributed by atoms with Gasteiger partial charge in [0.1, 0.15) is 17.0 Å². The Bertz CT molecular complexity index is 790. The van der Waals surface area contributed by atoms with Crippen LogP contribution in [0.15, 0.2) is 24.7 Å². The maximum atomic E-state index is 13.4. The Labute approximate surface area is 106 Å². The molecule has 0 fully saturated rings. The van der Waals surface area contributed by atoms with E-state index in [0.717, 1.165) is 6.07 Å². The first-order chi connectivity index (χ1) is 9.06. The van der Waals surface area contributed by atoms with Crippen LogP contribution in [0.3, 0.4) is 0 Å². The molecule has 0 bridgehead atoms. The molecule has 96 valence electrons. The number of rotatable bonds is 2. The van der Waals surface area contributed by atoms with Gasteiger partial charge in [0.25, 0.3) is 0 Å². The Morgan fingerprint density at radius 3 is 2.89 bits per heavy atom. The molecule has 6 nitrogen and oxygen atoms in total. The molecule has 0 spiro atoms. The molecule has 2 N–H and O–H groups in total. The average Bonchev–Trinajstić information content (AvgIpc) is 2.93. The normalized spacial score (nSPS) is 11.1. The Hall–Kier alpha value is -2.70. The fraction of sp³-hybridized carbons (Fsp3) is 0.0833. The van der Waals surface area contributed by atoms with Crippen molar-refractivity contribution >= 4 is 17.0 Å². The summed E-state index contributed by atoms with van der Waals surface area (Å²) in [6, 6.07) is 2.17. The van der Waals surface area contributed by atoms with E-state index >= 15 is 0 Å². The van der Waals surface area contributed by atoms with Gasteiger partial charge in [-0.05, 0) is 12.1 Å². The van der Waals surface area contributed by atoms with Crippen LogP contribution in [0.25, 0.3) is 22.6 Å². The topological polar surface area (TPSA) is 83.8 Å². The van der Waals surface area contributed by atoms with Crippen LogP contribution in [-0.4, -0.2) is 30.6 Å². The first-order valence-electron chi connectivity index (χ1n) is 5.45. The van der Waals surface area contributed by atoms with E-state index in [0.29, 0.717) is 17.0 Å². The van der Waals surface area contributed by atoms with Gasteiger partial charge in [0.15, 0.2) is 5.82 Å². The number of H-pyrrole nitrogens is 1. The Balaban J connectivity index is 2.29. The molecule has 7 heteroatoms. The summed E-state index contributed by atoms with van der Waals surface area (Å²) in [5.74, 6) is -1.39. The Morgan fingerprint density at radius 1 is 1.47 bits per heavy atom. The fourth-order valence-electron chi connectivity index (χ4n) is 1.95. The molecule has 0 saturated carbocycles. The highest BCUT2D eigenvalue weighted by molar-refractivity contribution is 6.01. The molecule has 0 aliphatic heterocycles. The number of fused-ring (bicyclic) bond motifs is 1. The molecule has 2 heterocycles. The number of imidazole rings is 2. The van der Waals surface area contributed by atoms with Crippen molar-refractivity contribution in [3.8, 4) is 11.5 Å². The second-order valence-electron chi connectivity index (χ2n) is 4.13. The molecule has 0 aliphatic carbocycles. The molecule has 3 rings (SSSR count). The fourth-order valence-corrected chi connectivity index (χ4v) is 1.95. The van der Waals surface area contributed by atoms with Gasteiger partial charge >= 0.3 is 5.97 Å². The number of carboxylic acids is 1. The Kier molecular flexibility index (Phi) is 2.34. The molecule has 0 unspecified atom stereocenters. The molecular weight excluding hydrogens is 251 g/mol. The second-order valence-corrected chi connectivity index (χ2v) is 4.13. The number of nitrogens with one attached hydrogen (secondary N) is 1. The number of hydrogen-bond donors (Lipinski definition) is 2. The number of nitrogens with zero attached hydrogens (tertiary/aromatic N) is 3. The molecule has 2 aromatic heterocycles. The van der Waals surface area contributed by atoms with Gasteiger partial charge in [-0.1, -0.05) is 0 Å².